The zero-order valence-electron chi connectivity index (χ0n) is 10.1. The van der Waals surface area contributed by atoms with Crippen LogP contribution < -0.4 is 9.46 Å². The highest BCUT2D eigenvalue weighted by Crippen LogP contribution is 2.26. The van der Waals surface area contributed by atoms with E-state index in [1.54, 1.807) is 0 Å². The number of benzene rings is 1. The van der Waals surface area contributed by atoms with Crippen LogP contribution in [0.2, 0.25) is 0 Å². The number of nitrogens with zero attached hydrogens (tertiary/aromatic N) is 1. The number of methoxy groups -OCH3 is 2. The first kappa shape index (κ1) is 14.3. The Morgan fingerprint density at radius 3 is 2.67 bits per heavy atom. The number of rotatable bonds is 6. The predicted octanol–water partition coefficient (Wildman–Crippen LogP) is 0.955. The van der Waals surface area contributed by atoms with Gasteiger partial charge in [0.1, 0.15) is 5.75 Å². The molecule has 1 aromatic rings. The van der Waals surface area contributed by atoms with E-state index in [0.717, 1.165) is 0 Å². The van der Waals surface area contributed by atoms with Gasteiger partial charge in [0.15, 0.2) is 0 Å². The molecule has 0 radical (unpaired) electrons. The SMILES string of the molecule is COCCS(=O)(=O)Nc1ccc(C#N)cc1OC. The maximum atomic E-state index is 11.7. The number of anilines is 1. The smallest absolute Gasteiger partial charge is 0.235 e. The lowest BCUT2D eigenvalue weighted by atomic mass is 10.2. The van der Waals surface area contributed by atoms with Crippen molar-refractivity contribution in [3.63, 3.8) is 0 Å². The van der Waals surface area contributed by atoms with Crippen molar-refractivity contribution in [2.24, 2.45) is 0 Å². The number of sulfonamides is 1. The Labute approximate surface area is 106 Å². The number of nitriles is 1. The second-order valence-electron chi connectivity index (χ2n) is 3.44. The minimum Gasteiger partial charge on any atom is -0.495 e. The van der Waals surface area contributed by atoms with Crippen molar-refractivity contribution < 1.29 is 17.9 Å². The molecule has 1 rings (SSSR count). The van der Waals surface area contributed by atoms with Gasteiger partial charge in [-0.15, -0.1) is 0 Å². The molecule has 0 atom stereocenters. The fraction of sp³-hybridized carbons (Fsp3) is 0.364. The van der Waals surface area contributed by atoms with Crippen molar-refractivity contribution in [3.8, 4) is 11.8 Å². The van der Waals surface area contributed by atoms with Gasteiger partial charge < -0.3 is 9.47 Å². The lowest BCUT2D eigenvalue weighted by Crippen LogP contribution is -2.20. The lowest BCUT2D eigenvalue weighted by Gasteiger charge is -2.11. The molecule has 1 N–H and O–H groups in total. The van der Waals surface area contributed by atoms with E-state index >= 15 is 0 Å². The summed E-state index contributed by atoms with van der Waals surface area (Å²) in [4.78, 5) is 0. The van der Waals surface area contributed by atoms with E-state index < -0.39 is 10.0 Å². The second-order valence-corrected chi connectivity index (χ2v) is 5.28. The first-order valence-electron chi connectivity index (χ1n) is 5.10. The highest BCUT2D eigenvalue weighted by molar-refractivity contribution is 7.92. The van der Waals surface area contributed by atoms with Crippen molar-refractivity contribution in [2.45, 2.75) is 0 Å². The van der Waals surface area contributed by atoms with Crippen LogP contribution in [0.25, 0.3) is 0 Å². The summed E-state index contributed by atoms with van der Waals surface area (Å²) >= 11 is 0. The third kappa shape index (κ3) is 3.91. The van der Waals surface area contributed by atoms with E-state index in [1.807, 2.05) is 6.07 Å². The van der Waals surface area contributed by atoms with E-state index in [-0.39, 0.29) is 12.4 Å². The Hall–Kier alpha value is -1.78. The molecule has 0 heterocycles. The van der Waals surface area contributed by atoms with Gasteiger partial charge in [0.25, 0.3) is 0 Å². The quantitative estimate of drug-likeness (QED) is 0.831. The van der Waals surface area contributed by atoms with Gasteiger partial charge in [-0.3, -0.25) is 4.72 Å². The number of hydrogen-bond donors (Lipinski definition) is 1. The minimum atomic E-state index is -3.49. The molecule has 0 fully saturated rings. The van der Waals surface area contributed by atoms with Gasteiger partial charge in [0.05, 0.1) is 36.8 Å². The van der Waals surface area contributed by atoms with Crippen LogP contribution in [0.5, 0.6) is 5.75 Å². The first-order chi connectivity index (χ1) is 8.52. The van der Waals surface area contributed by atoms with Crippen LogP contribution in [0, 0.1) is 11.3 Å². The monoisotopic (exact) mass is 270 g/mol. The summed E-state index contributed by atoms with van der Waals surface area (Å²) in [7, 11) is -0.652. The Morgan fingerprint density at radius 1 is 1.39 bits per heavy atom. The summed E-state index contributed by atoms with van der Waals surface area (Å²) in [5.41, 5.74) is 0.694. The van der Waals surface area contributed by atoms with E-state index in [2.05, 4.69) is 4.72 Å². The molecule has 0 aliphatic rings. The van der Waals surface area contributed by atoms with Crippen LogP contribution in [0.1, 0.15) is 5.56 Å². The maximum absolute atomic E-state index is 11.7. The average Bonchev–Trinajstić information content (AvgIpc) is 2.36. The van der Waals surface area contributed by atoms with Crippen molar-refractivity contribution in [1.29, 1.82) is 5.26 Å². The molecule has 0 bridgehead atoms. The zero-order valence-corrected chi connectivity index (χ0v) is 11.0. The number of nitrogens with one attached hydrogen (secondary N) is 1. The van der Waals surface area contributed by atoms with E-state index in [9.17, 15) is 8.42 Å². The van der Waals surface area contributed by atoms with Crippen LogP contribution in [-0.4, -0.2) is 35.0 Å². The fourth-order valence-corrected chi connectivity index (χ4v) is 2.25. The maximum Gasteiger partial charge on any atom is 0.235 e. The highest BCUT2D eigenvalue weighted by Gasteiger charge is 2.13. The predicted molar refractivity (Wildman–Crippen MR) is 67.0 cm³/mol. The fourth-order valence-electron chi connectivity index (χ4n) is 1.26. The number of ether oxygens (including phenoxy) is 2. The number of hydrogen-bond acceptors (Lipinski definition) is 5. The minimum absolute atomic E-state index is 0.105. The zero-order chi connectivity index (χ0) is 13.6. The Bertz CT molecular complexity index is 549. The van der Waals surface area contributed by atoms with Crippen LogP contribution in [0.4, 0.5) is 5.69 Å². The standard InChI is InChI=1S/C11H14N2O4S/c1-16-5-6-18(14,15)13-10-4-3-9(8-12)7-11(10)17-2/h3-4,7,13H,5-6H2,1-2H3. The topological polar surface area (TPSA) is 88.4 Å². The molecule has 0 saturated carbocycles. The average molecular weight is 270 g/mol. The summed E-state index contributed by atoms with van der Waals surface area (Å²) in [5, 5.41) is 8.74. The Kier molecular flexibility index (Phi) is 4.95. The van der Waals surface area contributed by atoms with Crippen molar-refractivity contribution in [3.05, 3.63) is 23.8 Å². The molecule has 7 heteroatoms. The molecule has 0 aromatic heterocycles. The van der Waals surface area contributed by atoms with Crippen molar-refractivity contribution in [1.82, 2.24) is 0 Å². The van der Waals surface area contributed by atoms with Gasteiger partial charge in [-0.2, -0.15) is 5.26 Å². The molecule has 0 amide bonds. The third-order valence-electron chi connectivity index (χ3n) is 2.15. The van der Waals surface area contributed by atoms with Gasteiger partial charge in [-0.1, -0.05) is 0 Å². The normalized spacial score (nSPS) is 10.7. The van der Waals surface area contributed by atoms with Crippen LogP contribution in [0.15, 0.2) is 18.2 Å². The molecule has 1 aromatic carbocycles. The van der Waals surface area contributed by atoms with Crippen molar-refractivity contribution in [2.75, 3.05) is 31.3 Å². The molecule has 0 aliphatic carbocycles. The highest BCUT2D eigenvalue weighted by atomic mass is 32.2. The van der Waals surface area contributed by atoms with E-state index in [4.69, 9.17) is 14.7 Å². The van der Waals surface area contributed by atoms with Gasteiger partial charge in [-0.05, 0) is 12.1 Å². The summed E-state index contributed by atoms with van der Waals surface area (Å²) in [6, 6.07) is 6.41. The summed E-state index contributed by atoms with van der Waals surface area (Å²) < 4.78 is 35.5. The van der Waals surface area contributed by atoms with Gasteiger partial charge in [-0.25, -0.2) is 8.42 Å². The molecule has 98 valence electrons. The lowest BCUT2D eigenvalue weighted by molar-refractivity contribution is 0.217. The van der Waals surface area contributed by atoms with Crippen LogP contribution in [0.3, 0.4) is 0 Å². The van der Waals surface area contributed by atoms with Crippen LogP contribution >= 0.6 is 0 Å². The second kappa shape index (κ2) is 6.23. The summed E-state index contributed by atoms with van der Waals surface area (Å²) in [6.07, 6.45) is 0. The largest absolute Gasteiger partial charge is 0.495 e. The molecule has 6 nitrogen and oxygen atoms in total. The molecule has 18 heavy (non-hydrogen) atoms. The molecule has 0 aliphatic heterocycles. The first-order valence-corrected chi connectivity index (χ1v) is 6.75. The molecular weight excluding hydrogens is 256 g/mol. The molecule has 0 spiro atoms. The van der Waals surface area contributed by atoms with Gasteiger partial charge in [0, 0.05) is 13.2 Å². The molecule has 0 saturated heterocycles. The summed E-state index contributed by atoms with van der Waals surface area (Å²) in [6.45, 7) is 0.105. The third-order valence-corrected chi connectivity index (χ3v) is 3.39. The van der Waals surface area contributed by atoms with E-state index in [1.165, 1.54) is 32.4 Å². The Balaban J connectivity index is 2.94. The van der Waals surface area contributed by atoms with Gasteiger partial charge in [0.2, 0.25) is 10.0 Å². The van der Waals surface area contributed by atoms with Gasteiger partial charge >= 0.3 is 0 Å². The van der Waals surface area contributed by atoms with E-state index in [0.29, 0.717) is 17.0 Å². The Morgan fingerprint density at radius 2 is 2.11 bits per heavy atom. The van der Waals surface area contributed by atoms with Crippen LogP contribution in [-0.2, 0) is 14.8 Å². The van der Waals surface area contributed by atoms with Crippen molar-refractivity contribution >= 4 is 15.7 Å². The molecule has 0 unspecified atom stereocenters. The summed E-state index contributed by atoms with van der Waals surface area (Å²) in [5.74, 6) is 0.155. The molecular formula is C11H14N2O4S.